The normalized spacial score (nSPS) is 10.2. The number of esters is 1. The van der Waals surface area contributed by atoms with E-state index in [2.05, 4.69) is 10.1 Å². The van der Waals surface area contributed by atoms with Gasteiger partial charge >= 0.3 is 12.1 Å². The first-order chi connectivity index (χ1) is 15.1. The number of hydrogen-bond donors (Lipinski definition) is 1. The van der Waals surface area contributed by atoms with Crippen LogP contribution in [0.4, 0.5) is 16.2 Å². The number of methoxy groups -OCH3 is 1. The number of benzene rings is 2. The van der Waals surface area contributed by atoms with Crippen molar-refractivity contribution in [3.8, 4) is 0 Å². The van der Waals surface area contributed by atoms with Crippen molar-refractivity contribution in [3.63, 3.8) is 0 Å². The Bertz CT molecular complexity index is 1000. The molecular formula is C23H27N3O6. The van der Waals surface area contributed by atoms with Crippen LogP contribution in [0.15, 0.2) is 42.5 Å². The second-order valence-corrected chi connectivity index (χ2v) is 7.19. The van der Waals surface area contributed by atoms with Gasteiger partial charge in [-0.2, -0.15) is 0 Å². The van der Waals surface area contributed by atoms with E-state index in [1.54, 1.807) is 18.2 Å². The monoisotopic (exact) mass is 441 g/mol. The van der Waals surface area contributed by atoms with Crippen molar-refractivity contribution in [2.24, 2.45) is 0 Å². The van der Waals surface area contributed by atoms with Crippen LogP contribution in [0.2, 0.25) is 0 Å². The van der Waals surface area contributed by atoms with Crippen molar-refractivity contribution in [1.82, 2.24) is 4.90 Å². The summed E-state index contributed by atoms with van der Waals surface area (Å²) in [5.41, 5.74) is 2.91. The van der Waals surface area contributed by atoms with Gasteiger partial charge in [0, 0.05) is 19.8 Å². The van der Waals surface area contributed by atoms with Crippen molar-refractivity contribution >= 4 is 35.3 Å². The van der Waals surface area contributed by atoms with Gasteiger partial charge in [-0.3, -0.25) is 14.5 Å². The lowest BCUT2D eigenvalue weighted by molar-refractivity contribution is -0.136. The van der Waals surface area contributed by atoms with Crippen LogP contribution in [0, 0.1) is 13.8 Å². The van der Waals surface area contributed by atoms with E-state index in [1.807, 2.05) is 32.0 Å². The van der Waals surface area contributed by atoms with E-state index in [4.69, 9.17) is 4.74 Å². The number of amides is 3. The van der Waals surface area contributed by atoms with Gasteiger partial charge in [0.15, 0.2) is 6.61 Å². The number of nitrogens with one attached hydrogen (secondary N) is 1. The van der Waals surface area contributed by atoms with Crippen LogP contribution in [-0.2, 0) is 19.1 Å². The summed E-state index contributed by atoms with van der Waals surface area (Å²) in [5.74, 6) is -1.69. The van der Waals surface area contributed by atoms with E-state index in [-0.39, 0.29) is 23.7 Å². The molecule has 2 aromatic rings. The van der Waals surface area contributed by atoms with Gasteiger partial charge in [0.1, 0.15) is 0 Å². The number of ether oxygens (including phenoxy) is 2. The van der Waals surface area contributed by atoms with Crippen molar-refractivity contribution in [2.75, 3.05) is 44.6 Å². The van der Waals surface area contributed by atoms with Crippen LogP contribution in [0.25, 0.3) is 0 Å². The van der Waals surface area contributed by atoms with E-state index < -0.39 is 24.6 Å². The van der Waals surface area contributed by atoms with Crippen molar-refractivity contribution in [2.45, 2.75) is 13.8 Å². The van der Waals surface area contributed by atoms with Crippen molar-refractivity contribution in [3.05, 3.63) is 59.2 Å². The lowest BCUT2D eigenvalue weighted by Gasteiger charge is -2.20. The number of carbonyl (C=O) groups excluding carboxylic acids is 4. The van der Waals surface area contributed by atoms with E-state index in [0.717, 1.165) is 16.0 Å². The first-order valence-electron chi connectivity index (χ1n) is 9.83. The summed E-state index contributed by atoms with van der Waals surface area (Å²) < 4.78 is 9.77. The molecular weight excluding hydrogens is 414 g/mol. The Morgan fingerprint density at radius 1 is 0.938 bits per heavy atom. The number of rotatable bonds is 7. The highest BCUT2D eigenvalue weighted by molar-refractivity contribution is 6.01. The summed E-state index contributed by atoms with van der Waals surface area (Å²) in [6, 6.07) is 11.9. The molecule has 0 saturated heterocycles. The second kappa shape index (κ2) is 10.9. The molecule has 0 atom stereocenters. The third kappa shape index (κ3) is 6.07. The van der Waals surface area contributed by atoms with Gasteiger partial charge in [0.25, 0.3) is 5.91 Å². The zero-order chi connectivity index (χ0) is 23.8. The SMILES string of the molecule is COC(=O)N(C)c1ccccc1C(=O)OCC(=O)N(C)CC(=O)Nc1c(C)cccc1C. The van der Waals surface area contributed by atoms with Crippen LogP contribution < -0.4 is 10.2 Å². The predicted octanol–water partition coefficient (Wildman–Crippen LogP) is 2.76. The summed E-state index contributed by atoms with van der Waals surface area (Å²) in [6.07, 6.45) is -0.657. The fourth-order valence-corrected chi connectivity index (χ4v) is 2.98. The molecule has 0 spiro atoms. The highest BCUT2D eigenvalue weighted by atomic mass is 16.5. The number of aryl methyl sites for hydroxylation is 2. The molecule has 0 aliphatic heterocycles. The molecule has 9 nitrogen and oxygen atoms in total. The molecule has 9 heteroatoms. The van der Waals surface area contributed by atoms with Gasteiger partial charge in [-0.15, -0.1) is 0 Å². The molecule has 2 rings (SSSR count). The minimum absolute atomic E-state index is 0.101. The zero-order valence-electron chi connectivity index (χ0n) is 18.8. The Balaban J connectivity index is 1.95. The van der Waals surface area contributed by atoms with Gasteiger partial charge < -0.3 is 19.7 Å². The Hall–Kier alpha value is -3.88. The third-order valence-corrected chi connectivity index (χ3v) is 4.81. The topological polar surface area (TPSA) is 105 Å². The van der Waals surface area contributed by atoms with Gasteiger partial charge in [0.2, 0.25) is 5.91 Å². The lowest BCUT2D eigenvalue weighted by Crippen LogP contribution is -2.37. The number of likely N-dealkylation sites (N-methyl/N-ethyl adjacent to an activating group) is 1. The van der Waals surface area contributed by atoms with E-state index in [0.29, 0.717) is 5.69 Å². The maximum absolute atomic E-state index is 12.5. The Kier molecular flexibility index (Phi) is 8.34. The maximum Gasteiger partial charge on any atom is 0.413 e. The molecule has 0 fully saturated rings. The minimum Gasteiger partial charge on any atom is -0.452 e. The fraction of sp³-hybridized carbons (Fsp3) is 0.304. The second-order valence-electron chi connectivity index (χ2n) is 7.19. The first kappa shape index (κ1) is 24.4. The summed E-state index contributed by atoms with van der Waals surface area (Å²) >= 11 is 0. The number of carbonyl (C=O) groups is 4. The molecule has 32 heavy (non-hydrogen) atoms. The molecule has 0 unspecified atom stereocenters. The highest BCUT2D eigenvalue weighted by Gasteiger charge is 2.21. The number of anilines is 2. The zero-order valence-corrected chi connectivity index (χ0v) is 18.8. The summed E-state index contributed by atoms with van der Waals surface area (Å²) in [6.45, 7) is 3.01. The Morgan fingerprint density at radius 2 is 1.56 bits per heavy atom. The molecule has 0 bridgehead atoms. The number of hydrogen-bond acceptors (Lipinski definition) is 6. The van der Waals surface area contributed by atoms with Crippen molar-refractivity contribution < 1.29 is 28.7 Å². The average Bonchev–Trinajstić information content (AvgIpc) is 2.78. The predicted molar refractivity (Wildman–Crippen MR) is 120 cm³/mol. The van der Waals surface area contributed by atoms with Gasteiger partial charge in [-0.25, -0.2) is 9.59 Å². The molecule has 0 aliphatic carbocycles. The number of nitrogens with zero attached hydrogens (tertiary/aromatic N) is 2. The molecule has 0 saturated carbocycles. The van der Waals surface area contributed by atoms with Crippen LogP contribution in [0.1, 0.15) is 21.5 Å². The van der Waals surface area contributed by atoms with E-state index in [1.165, 1.54) is 32.2 Å². The largest absolute Gasteiger partial charge is 0.452 e. The first-order valence-corrected chi connectivity index (χ1v) is 9.83. The van der Waals surface area contributed by atoms with Gasteiger partial charge in [0.05, 0.1) is 24.9 Å². The molecule has 0 aliphatic rings. The van der Waals surface area contributed by atoms with Crippen molar-refractivity contribution in [1.29, 1.82) is 0 Å². The van der Waals surface area contributed by atoms with Crippen LogP contribution in [0.3, 0.4) is 0 Å². The van der Waals surface area contributed by atoms with Crippen LogP contribution >= 0.6 is 0 Å². The maximum atomic E-state index is 12.5. The Morgan fingerprint density at radius 3 is 2.19 bits per heavy atom. The third-order valence-electron chi connectivity index (χ3n) is 4.81. The lowest BCUT2D eigenvalue weighted by atomic mass is 10.1. The molecule has 1 N–H and O–H groups in total. The van der Waals surface area contributed by atoms with E-state index in [9.17, 15) is 19.2 Å². The smallest absolute Gasteiger partial charge is 0.413 e. The van der Waals surface area contributed by atoms with Gasteiger partial charge in [-0.1, -0.05) is 30.3 Å². The Labute approximate surface area is 186 Å². The standard InChI is InChI=1S/C23H27N3O6/c1-15-9-8-10-16(2)21(15)24-19(27)13-25(3)20(28)14-32-22(29)17-11-6-7-12-18(17)26(4)23(30)31-5/h6-12H,13-14H2,1-5H3,(H,24,27). The summed E-state index contributed by atoms with van der Waals surface area (Å²) in [7, 11) is 4.12. The van der Waals surface area contributed by atoms with Crippen LogP contribution in [0.5, 0.6) is 0 Å². The quantitative estimate of drug-likeness (QED) is 0.663. The molecule has 2 aromatic carbocycles. The molecule has 3 amide bonds. The molecule has 0 aromatic heterocycles. The molecule has 170 valence electrons. The minimum atomic E-state index is -0.780. The fourth-order valence-electron chi connectivity index (χ4n) is 2.98. The van der Waals surface area contributed by atoms with Crippen LogP contribution in [-0.4, -0.2) is 63.1 Å². The molecule has 0 radical (unpaired) electrons. The van der Waals surface area contributed by atoms with E-state index >= 15 is 0 Å². The van der Waals surface area contributed by atoms with Gasteiger partial charge in [-0.05, 0) is 37.1 Å². The summed E-state index contributed by atoms with van der Waals surface area (Å²) in [5, 5.41) is 2.80. The molecule has 0 heterocycles. The summed E-state index contributed by atoms with van der Waals surface area (Å²) in [4.78, 5) is 51.3. The average molecular weight is 441 g/mol. The highest BCUT2D eigenvalue weighted by Crippen LogP contribution is 2.21. The number of para-hydroxylation sites is 2.